The summed E-state index contributed by atoms with van der Waals surface area (Å²) in [5.74, 6) is 1.18. The molecule has 2 aromatic rings. The topological polar surface area (TPSA) is 45.6 Å². The van der Waals surface area contributed by atoms with Gasteiger partial charge in [-0.1, -0.05) is 69.9 Å². The third-order valence-electron chi connectivity index (χ3n) is 6.54. The van der Waals surface area contributed by atoms with Crippen LogP contribution in [0.15, 0.2) is 29.3 Å². The molecule has 2 aliphatic heterocycles. The molecule has 0 spiro atoms. The van der Waals surface area contributed by atoms with E-state index in [1.165, 1.54) is 17.3 Å². The molecule has 2 amide bonds. The summed E-state index contributed by atoms with van der Waals surface area (Å²) in [5.41, 5.74) is 3.26. The van der Waals surface area contributed by atoms with E-state index in [0.717, 1.165) is 48.8 Å². The number of hydrogen-bond acceptors (Lipinski definition) is 4. The third-order valence-corrected chi connectivity index (χ3v) is 7.92. The summed E-state index contributed by atoms with van der Waals surface area (Å²) in [6.07, 6.45) is 7.00. The van der Waals surface area contributed by atoms with Crippen LogP contribution in [-0.4, -0.2) is 50.1 Å². The Morgan fingerprint density at radius 3 is 2.67 bits per heavy atom. The Bertz CT molecular complexity index is 1110. The number of para-hydroxylation sites is 1. The smallest absolute Gasteiger partial charge is 0.266 e. The zero-order chi connectivity index (χ0) is 23.7. The molecule has 7 heteroatoms. The number of aryl methyl sites for hydroxylation is 1. The first-order valence-corrected chi connectivity index (χ1v) is 13.1. The number of thiocarbonyl (C=S) groups is 1. The number of nitrogens with zero attached hydrogens (tertiary/aromatic N) is 3. The number of carbonyl (C=O) groups is 2. The average molecular weight is 484 g/mol. The van der Waals surface area contributed by atoms with Crippen LogP contribution in [0.5, 0.6) is 0 Å². The number of thioether (sulfide) groups is 1. The molecule has 0 radical (unpaired) electrons. The van der Waals surface area contributed by atoms with Crippen LogP contribution in [-0.2, 0) is 22.6 Å². The number of fused-ring (bicyclic) bond motifs is 1. The van der Waals surface area contributed by atoms with Gasteiger partial charge in [0.25, 0.3) is 5.91 Å². The summed E-state index contributed by atoms with van der Waals surface area (Å²) in [6.45, 7) is 11.2. The van der Waals surface area contributed by atoms with Gasteiger partial charge in [-0.2, -0.15) is 0 Å². The number of rotatable bonds is 6. The number of likely N-dealkylation sites (tertiary alicyclic amines) is 1. The fourth-order valence-corrected chi connectivity index (χ4v) is 5.92. The van der Waals surface area contributed by atoms with Crippen molar-refractivity contribution < 1.29 is 9.59 Å². The molecular weight excluding hydrogens is 450 g/mol. The third kappa shape index (κ3) is 5.04. The highest BCUT2D eigenvalue weighted by molar-refractivity contribution is 8.26. The lowest BCUT2D eigenvalue weighted by molar-refractivity contribution is -0.133. The zero-order valence-corrected chi connectivity index (χ0v) is 21.6. The monoisotopic (exact) mass is 483 g/mol. The summed E-state index contributed by atoms with van der Waals surface area (Å²) in [6, 6.07) is 6.26. The summed E-state index contributed by atoms with van der Waals surface area (Å²) in [7, 11) is 0. The number of carbonyl (C=O) groups excluding carboxylic acids is 2. The molecule has 2 fully saturated rings. The van der Waals surface area contributed by atoms with Gasteiger partial charge in [0.1, 0.15) is 10.9 Å². The van der Waals surface area contributed by atoms with Crippen LogP contribution in [0.1, 0.15) is 51.7 Å². The van der Waals surface area contributed by atoms with Gasteiger partial charge in [-0.25, -0.2) is 0 Å². The second-order valence-corrected chi connectivity index (χ2v) is 11.3. The molecule has 176 valence electrons. The normalized spacial score (nSPS) is 19.0. The fourth-order valence-electron chi connectivity index (χ4n) is 4.66. The summed E-state index contributed by atoms with van der Waals surface area (Å²) in [5, 5.41) is 1.07. The van der Waals surface area contributed by atoms with Gasteiger partial charge in [0.2, 0.25) is 5.91 Å². The van der Waals surface area contributed by atoms with Crippen molar-refractivity contribution in [3.63, 3.8) is 0 Å². The largest absolute Gasteiger partial charge is 0.341 e. The zero-order valence-electron chi connectivity index (χ0n) is 20.0. The van der Waals surface area contributed by atoms with Crippen molar-refractivity contribution in [3.05, 3.63) is 40.4 Å². The van der Waals surface area contributed by atoms with Gasteiger partial charge < -0.3 is 9.47 Å². The van der Waals surface area contributed by atoms with E-state index >= 15 is 0 Å². The van der Waals surface area contributed by atoms with Crippen LogP contribution in [0.4, 0.5) is 0 Å². The van der Waals surface area contributed by atoms with Gasteiger partial charge in [0.05, 0.1) is 10.4 Å². The van der Waals surface area contributed by atoms with Crippen LogP contribution in [0.25, 0.3) is 17.0 Å². The van der Waals surface area contributed by atoms with Crippen LogP contribution < -0.4 is 0 Å². The highest BCUT2D eigenvalue weighted by Gasteiger charge is 2.32. The van der Waals surface area contributed by atoms with Crippen molar-refractivity contribution in [1.29, 1.82) is 0 Å². The Hall–Kier alpha value is -2.12. The van der Waals surface area contributed by atoms with Crippen molar-refractivity contribution in [3.8, 4) is 0 Å². The van der Waals surface area contributed by atoms with E-state index in [9.17, 15) is 9.59 Å². The van der Waals surface area contributed by atoms with Crippen molar-refractivity contribution in [2.24, 2.45) is 11.8 Å². The van der Waals surface area contributed by atoms with Crippen molar-refractivity contribution in [2.45, 2.75) is 53.5 Å². The molecule has 2 saturated heterocycles. The van der Waals surface area contributed by atoms with Gasteiger partial charge in [0.15, 0.2) is 0 Å². The van der Waals surface area contributed by atoms with Crippen molar-refractivity contribution in [2.75, 3.05) is 19.6 Å². The summed E-state index contributed by atoms with van der Waals surface area (Å²) >= 11 is 6.85. The maximum atomic E-state index is 13.1. The lowest BCUT2D eigenvalue weighted by Gasteiger charge is -2.30. The second-order valence-electron chi connectivity index (χ2n) is 9.63. The molecule has 0 bridgehead atoms. The van der Waals surface area contributed by atoms with Gasteiger partial charge in [0, 0.05) is 36.8 Å². The number of benzene rings is 1. The predicted molar refractivity (Wildman–Crippen MR) is 141 cm³/mol. The Balaban J connectivity index is 1.67. The Labute approximate surface area is 206 Å². The number of aromatic nitrogens is 1. The van der Waals surface area contributed by atoms with E-state index in [1.807, 2.05) is 17.2 Å². The SMILES string of the molecule is CCc1cccc2c(/C=C3\SC(=S)N(CC(C)C)C3=O)cn(CC(=O)N3CCC(C)CC3)c12. The van der Waals surface area contributed by atoms with Crippen molar-refractivity contribution >= 4 is 57.1 Å². The van der Waals surface area contributed by atoms with Crippen molar-refractivity contribution in [1.82, 2.24) is 14.4 Å². The molecule has 5 nitrogen and oxygen atoms in total. The lowest BCUT2D eigenvalue weighted by atomic mass is 9.99. The van der Waals surface area contributed by atoms with Gasteiger partial charge in [-0.05, 0) is 42.7 Å². The first kappa shape index (κ1) is 24.0. The lowest BCUT2D eigenvalue weighted by Crippen LogP contribution is -2.39. The molecule has 3 heterocycles. The summed E-state index contributed by atoms with van der Waals surface area (Å²) < 4.78 is 2.70. The van der Waals surface area contributed by atoms with E-state index in [0.29, 0.717) is 34.2 Å². The molecule has 0 N–H and O–H groups in total. The van der Waals surface area contributed by atoms with E-state index in [2.05, 4.69) is 50.5 Å². The molecule has 0 unspecified atom stereocenters. The summed E-state index contributed by atoms with van der Waals surface area (Å²) in [4.78, 5) is 30.5. The Morgan fingerprint density at radius 2 is 2.00 bits per heavy atom. The Morgan fingerprint density at radius 1 is 1.27 bits per heavy atom. The Kier molecular flexibility index (Phi) is 7.29. The highest BCUT2D eigenvalue weighted by atomic mass is 32.2. The van der Waals surface area contributed by atoms with Gasteiger partial charge in [-0.15, -0.1) is 0 Å². The van der Waals surface area contributed by atoms with Crippen LogP contribution >= 0.6 is 24.0 Å². The molecular formula is C26H33N3O2S2. The van der Waals surface area contributed by atoms with E-state index in [-0.39, 0.29) is 11.8 Å². The average Bonchev–Trinajstić information content (AvgIpc) is 3.26. The highest BCUT2D eigenvalue weighted by Crippen LogP contribution is 2.35. The maximum Gasteiger partial charge on any atom is 0.266 e. The van der Waals surface area contributed by atoms with Crippen LogP contribution in [0.3, 0.4) is 0 Å². The molecule has 1 aromatic carbocycles. The molecule has 0 aliphatic carbocycles. The number of piperidine rings is 1. The molecule has 1 aromatic heterocycles. The quantitative estimate of drug-likeness (QED) is 0.412. The molecule has 33 heavy (non-hydrogen) atoms. The standard InChI is InChI=1S/C26H33N3O2S2/c1-5-19-7-6-8-21-20(13-22-25(31)29(14-17(2)3)26(32)33-22)15-28(24(19)21)16-23(30)27-11-9-18(4)10-12-27/h6-8,13,15,17-18H,5,9-12,14,16H2,1-4H3/b22-13-. The number of amides is 2. The first-order chi connectivity index (χ1) is 15.8. The van der Waals surface area contributed by atoms with Crippen LogP contribution in [0.2, 0.25) is 0 Å². The molecule has 4 rings (SSSR count). The first-order valence-electron chi connectivity index (χ1n) is 11.9. The minimum atomic E-state index is -0.0234. The minimum absolute atomic E-state index is 0.0234. The predicted octanol–water partition coefficient (Wildman–Crippen LogP) is 5.32. The molecule has 0 saturated carbocycles. The van der Waals surface area contributed by atoms with Gasteiger partial charge >= 0.3 is 0 Å². The van der Waals surface area contributed by atoms with Gasteiger partial charge in [-0.3, -0.25) is 14.5 Å². The van der Waals surface area contributed by atoms with E-state index in [4.69, 9.17) is 12.2 Å². The van der Waals surface area contributed by atoms with E-state index in [1.54, 1.807) is 4.90 Å². The van der Waals surface area contributed by atoms with E-state index < -0.39 is 0 Å². The molecule has 0 atom stereocenters. The minimum Gasteiger partial charge on any atom is -0.341 e. The second kappa shape index (κ2) is 10.0. The maximum absolute atomic E-state index is 13.1. The molecule has 2 aliphatic rings. The fraction of sp³-hybridized carbons (Fsp3) is 0.500. The van der Waals surface area contributed by atoms with Crippen LogP contribution in [0, 0.1) is 11.8 Å². The number of hydrogen-bond donors (Lipinski definition) is 0.